The van der Waals surface area contributed by atoms with Crippen LogP contribution in [-0.4, -0.2) is 22.4 Å². The van der Waals surface area contributed by atoms with Crippen LogP contribution < -0.4 is 0 Å². The quantitative estimate of drug-likeness (QED) is 0.677. The Kier molecular flexibility index (Phi) is 3.45. The molecule has 0 amide bonds. The second-order valence-corrected chi connectivity index (χ2v) is 5.16. The molecule has 82 valence electrons. The van der Waals surface area contributed by atoms with E-state index in [1.165, 1.54) is 25.7 Å². The minimum Gasteiger partial charge on any atom is -0.393 e. The van der Waals surface area contributed by atoms with Crippen molar-refractivity contribution in [2.24, 2.45) is 11.8 Å². The Hall–Kier alpha value is -0.0800. The van der Waals surface area contributed by atoms with Crippen molar-refractivity contribution in [1.29, 1.82) is 0 Å². The molecule has 0 saturated heterocycles. The van der Waals surface area contributed by atoms with Gasteiger partial charge in [0.25, 0.3) is 0 Å². The van der Waals surface area contributed by atoms with E-state index >= 15 is 0 Å². The van der Waals surface area contributed by atoms with Gasteiger partial charge in [-0.1, -0.05) is 12.8 Å². The van der Waals surface area contributed by atoms with Crippen LogP contribution in [0.15, 0.2) is 0 Å². The highest BCUT2D eigenvalue weighted by molar-refractivity contribution is 4.82. The highest BCUT2D eigenvalue weighted by atomic mass is 16.3. The van der Waals surface area contributed by atoms with Crippen LogP contribution in [0.4, 0.5) is 0 Å². The first-order valence-corrected chi connectivity index (χ1v) is 6.12. The van der Waals surface area contributed by atoms with Crippen LogP contribution in [0.3, 0.4) is 0 Å². The van der Waals surface area contributed by atoms with Crippen LogP contribution in [0, 0.1) is 11.8 Å². The summed E-state index contributed by atoms with van der Waals surface area (Å²) in [4.78, 5) is 0. The van der Waals surface area contributed by atoms with Crippen molar-refractivity contribution >= 4 is 0 Å². The Morgan fingerprint density at radius 2 is 1.07 bits per heavy atom. The van der Waals surface area contributed by atoms with E-state index in [-0.39, 0.29) is 12.2 Å². The maximum Gasteiger partial charge on any atom is 0.0543 e. The molecule has 14 heavy (non-hydrogen) atoms. The zero-order valence-electron chi connectivity index (χ0n) is 8.86. The van der Waals surface area contributed by atoms with E-state index in [1.807, 2.05) is 0 Å². The third-order valence-corrected chi connectivity index (χ3v) is 4.04. The van der Waals surface area contributed by atoms with Gasteiger partial charge in [0, 0.05) is 0 Å². The minimum absolute atomic E-state index is 0.0622. The molecule has 0 aromatic carbocycles. The zero-order valence-corrected chi connectivity index (χ0v) is 8.86. The van der Waals surface area contributed by atoms with Crippen LogP contribution >= 0.6 is 0 Å². The van der Waals surface area contributed by atoms with Gasteiger partial charge in [0.2, 0.25) is 0 Å². The second kappa shape index (κ2) is 4.63. The van der Waals surface area contributed by atoms with Gasteiger partial charge in [0.1, 0.15) is 0 Å². The van der Waals surface area contributed by atoms with Crippen molar-refractivity contribution in [3.63, 3.8) is 0 Å². The van der Waals surface area contributed by atoms with Crippen LogP contribution in [0.1, 0.15) is 51.4 Å². The molecule has 2 fully saturated rings. The Balaban J connectivity index is 1.86. The van der Waals surface area contributed by atoms with Crippen LogP contribution in [-0.2, 0) is 0 Å². The lowest BCUT2D eigenvalue weighted by molar-refractivity contribution is 0.0357. The lowest BCUT2D eigenvalue weighted by atomic mass is 9.72. The molecule has 2 aliphatic rings. The average molecular weight is 198 g/mol. The highest BCUT2D eigenvalue weighted by Gasteiger charge is 2.30. The van der Waals surface area contributed by atoms with Gasteiger partial charge >= 0.3 is 0 Å². The first-order chi connectivity index (χ1) is 6.75. The predicted octanol–water partition coefficient (Wildman–Crippen LogP) is 2.09. The Morgan fingerprint density at radius 3 is 1.43 bits per heavy atom. The fraction of sp³-hybridized carbons (Fsp3) is 1.00. The van der Waals surface area contributed by atoms with E-state index in [9.17, 15) is 10.2 Å². The molecule has 2 N–H and O–H groups in total. The molecule has 2 saturated carbocycles. The molecular formula is C12H22O2. The maximum absolute atomic E-state index is 9.61. The second-order valence-electron chi connectivity index (χ2n) is 5.16. The molecule has 2 aliphatic carbocycles. The molecule has 4 atom stereocenters. The van der Waals surface area contributed by atoms with E-state index < -0.39 is 0 Å². The van der Waals surface area contributed by atoms with Crippen LogP contribution in [0.2, 0.25) is 0 Å². The summed E-state index contributed by atoms with van der Waals surface area (Å²) >= 11 is 0. The zero-order chi connectivity index (χ0) is 9.97. The number of hydrogen-bond donors (Lipinski definition) is 2. The molecule has 0 spiro atoms. The van der Waals surface area contributed by atoms with Crippen molar-refractivity contribution in [2.45, 2.75) is 63.6 Å². The Bertz CT molecular complexity index is 161. The fourth-order valence-corrected chi connectivity index (χ4v) is 3.26. The third kappa shape index (κ3) is 2.48. The summed E-state index contributed by atoms with van der Waals surface area (Å²) in [6, 6.07) is 0. The Labute approximate surface area is 86.3 Å². The predicted molar refractivity (Wildman–Crippen MR) is 55.9 cm³/mol. The highest BCUT2D eigenvalue weighted by Crippen LogP contribution is 2.38. The molecule has 2 nitrogen and oxygen atoms in total. The number of aliphatic hydroxyl groups is 2. The van der Waals surface area contributed by atoms with Crippen LogP contribution in [0.5, 0.6) is 0 Å². The topological polar surface area (TPSA) is 40.5 Å². The van der Waals surface area contributed by atoms with Crippen LogP contribution in [0.25, 0.3) is 0 Å². The van der Waals surface area contributed by atoms with Gasteiger partial charge < -0.3 is 10.2 Å². The van der Waals surface area contributed by atoms with E-state index in [0.717, 1.165) is 25.7 Å². The third-order valence-electron chi connectivity index (χ3n) is 4.04. The molecule has 1 unspecified atom stereocenters. The van der Waals surface area contributed by atoms with Crippen molar-refractivity contribution < 1.29 is 10.2 Å². The lowest BCUT2D eigenvalue weighted by Crippen LogP contribution is -2.30. The molecule has 0 bridgehead atoms. The monoisotopic (exact) mass is 198 g/mol. The van der Waals surface area contributed by atoms with Gasteiger partial charge in [0.15, 0.2) is 0 Å². The molecule has 2 heteroatoms. The number of rotatable bonds is 1. The van der Waals surface area contributed by atoms with Crippen molar-refractivity contribution in [3.05, 3.63) is 0 Å². The normalized spacial score (nSPS) is 45.0. The van der Waals surface area contributed by atoms with Gasteiger partial charge in [0.05, 0.1) is 12.2 Å². The largest absolute Gasteiger partial charge is 0.393 e. The van der Waals surface area contributed by atoms with Gasteiger partial charge in [-0.3, -0.25) is 0 Å². The molecular weight excluding hydrogens is 176 g/mol. The summed E-state index contributed by atoms with van der Waals surface area (Å²) in [6.45, 7) is 0. The Morgan fingerprint density at radius 1 is 0.643 bits per heavy atom. The number of hydrogen-bond acceptors (Lipinski definition) is 2. The van der Waals surface area contributed by atoms with Crippen molar-refractivity contribution in [3.8, 4) is 0 Å². The summed E-state index contributed by atoms with van der Waals surface area (Å²) < 4.78 is 0. The molecule has 0 aromatic rings. The summed E-state index contributed by atoms with van der Waals surface area (Å²) in [7, 11) is 0. The van der Waals surface area contributed by atoms with Gasteiger partial charge in [-0.25, -0.2) is 0 Å². The van der Waals surface area contributed by atoms with E-state index in [0.29, 0.717) is 11.8 Å². The summed E-state index contributed by atoms with van der Waals surface area (Å²) in [5, 5.41) is 19.2. The average Bonchev–Trinajstić information content (AvgIpc) is 2.18. The summed E-state index contributed by atoms with van der Waals surface area (Å²) in [5.41, 5.74) is 0. The summed E-state index contributed by atoms with van der Waals surface area (Å²) in [6.07, 6.45) is 8.73. The van der Waals surface area contributed by atoms with E-state index in [2.05, 4.69) is 0 Å². The summed E-state index contributed by atoms with van der Waals surface area (Å²) in [5.74, 6) is 1.38. The van der Waals surface area contributed by atoms with E-state index in [1.54, 1.807) is 0 Å². The van der Waals surface area contributed by atoms with E-state index in [4.69, 9.17) is 0 Å². The minimum atomic E-state index is -0.0622. The number of aliphatic hydroxyl groups excluding tert-OH is 2. The molecule has 0 radical (unpaired) electrons. The smallest absolute Gasteiger partial charge is 0.0543 e. The molecule has 2 rings (SSSR count). The van der Waals surface area contributed by atoms with Gasteiger partial charge in [-0.15, -0.1) is 0 Å². The first kappa shape index (κ1) is 10.4. The van der Waals surface area contributed by atoms with Gasteiger partial charge in [-0.05, 0) is 50.4 Å². The van der Waals surface area contributed by atoms with Crippen molar-refractivity contribution in [2.75, 3.05) is 0 Å². The first-order valence-electron chi connectivity index (χ1n) is 6.12. The molecule has 0 aromatic heterocycles. The lowest BCUT2D eigenvalue weighted by Gasteiger charge is -2.36. The maximum atomic E-state index is 9.61. The SMILES string of the molecule is O[C@@H]1CCC[C@H](C2CCC[C@H](O)C2)C1. The molecule has 0 aliphatic heterocycles. The van der Waals surface area contributed by atoms with Crippen molar-refractivity contribution in [1.82, 2.24) is 0 Å². The molecule has 0 heterocycles. The standard InChI is InChI=1S/C12H22O2/c13-11-5-1-3-9(7-11)10-4-2-6-12(14)8-10/h9-14H,1-8H2/t9-,10?,11+,12-/m0/s1. The van der Waals surface area contributed by atoms with Gasteiger partial charge in [-0.2, -0.15) is 0 Å². The fourth-order valence-electron chi connectivity index (χ4n) is 3.26.